The number of ether oxygens (including phenoxy) is 2. The molecule has 0 spiro atoms. The molecule has 0 saturated heterocycles. The number of carbonyl (C=O) groups excluding carboxylic acids is 3. The lowest BCUT2D eigenvalue weighted by Gasteiger charge is -2.11. The van der Waals surface area contributed by atoms with Crippen LogP contribution in [0.15, 0.2) is 91.0 Å². The number of amides is 2. The van der Waals surface area contributed by atoms with Gasteiger partial charge in [0.25, 0.3) is 5.91 Å². The van der Waals surface area contributed by atoms with Crippen LogP contribution in [0.3, 0.4) is 0 Å². The lowest BCUT2D eigenvalue weighted by Crippen LogP contribution is -2.16. The van der Waals surface area contributed by atoms with Gasteiger partial charge in [-0.15, -0.1) is 0 Å². The maximum absolute atomic E-state index is 12.9. The number of esters is 1. The van der Waals surface area contributed by atoms with Crippen LogP contribution in [0.25, 0.3) is 12.2 Å². The Labute approximate surface area is 242 Å². The van der Waals surface area contributed by atoms with E-state index in [1.807, 2.05) is 30.3 Å². The Bertz CT molecular complexity index is 1630. The van der Waals surface area contributed by atoms with E-state index in [0.29, 0.717) is 22.4 Å². The number of carboxylic acid groups (broad SMARTS) is 1. The molecule has 9 heteroatoms. The molecular weight excluding hydrogens is 536 g/mol. The highest BCUT2D eigenvalue weighted by Crippen LogP contribution is 2.22. The third-order valence-corrected chi connectivity index (χ3v) is 6.28. The van der Waals surface area contributed by atoms with Gasteiger partial charge in [-0.05, 0) is 77.4 Å². The summed E-state index contributed by atoms with van der Waals surface area (Å²) in [5.74, 6) is -1.67. The summed E-state index contributed by atoms with van der Waals surface area (Å²) in [6, 6.07) is 24.9. The van der Waals surface area contributed by atoms with Crippen molar-refractivity contribution in [3.05, 3.63) is 124 Å². The van der Waals surface area contributed by atoms with Crippen LogP contribution in [-0.2, 0) is 16.0 Å². The number of rotatable bonds is 10. The molecule has 0 aliphatic rings. The quantitative estimate of drug-likeness (QED) is 0.164. The molecule has 3 N–H and O–H groups in total. The van der Waals surface area contributed by atoms with Gasteiger partial charge in [0.15, 0.2) is 0 Å². The summed E-state index contributed by atoms with van der Waals surface area (Å²) in [5.41, 5.74) is 3.55. The van der Waals surface area contributed by atoms with Crippen LogP contribution in [0.4, 0.5) is 11.4 Å². The summed E-state index contributed by atoms with van der Waals surface area (Å²) in [5, 5.41) is 15.2. The van der Waals surface area contributed by atoms with Gasteiger partial charge in [0.1, 0.15) is 5.75 Å². The first kappa shape index (κ1) is 29.3. The fourth-order valence-corrected chi connectivity index (χ4v) is 4.03. The van der Waals surface area contributed by atoms with Crippen molar-refractivity contribution < 1.29 is 33.8 Å². The predicted octanol–water partition coefficient (Wildman–Crippen LogP) is 5.78. The highest BCUT2D eigenvalue weighted by atomic mass is 16.5. The summed E-state index contributed by atoms with van der Waals surface area (Å²) in [4.78, 5) is 48.8. The van der Waals surface area contributed by atoms with E-state index in [1.54, 1.807) is 61.7 Å². The van der Waals surface area contributed by atoms with E-state index in [1.165, 1.54) is 25.3 Å². The van der Waals surface area contributed by atoms with Gasteiger partial charge in [0.2, 0.25) is 5.91 Å². The van der Waals surface area contributed by atoms with Crippen molar-refractivity contribution in [3.8, 4) is 5.75 Å². The van der Waals surface area contributed by atoms with Gasteiger partial charge in [-0.2, -0.15) is 0 Å². The Morgan fingerprint density at radius 3 is 1.98 bits per heavy atom. The number of anilines is 2. The average Bonchev–Trinajstić information content (AvgIpc) is 3.01. The number of hydrogen-bond acceptors (Lipinski definition) is 6. The Kier molecular flexibility index (Phi) is 9.47. The molecule has 0 aliphatic heterocycles. The van der Waals surface area contributed by atoms with Crippen LogP contribution in [0.1, 0.15) is 47.8 Å². The van der Waals surface area contributed by atoms with Crippen LogP contribution in [0, 0.1) is 0 Å². The van der Waals surface area contributed by atoms with Crippen LogP contribution >= 0.6 is 0 Å². The van der Waals surface area contributed by atoms with Crippen molar-refractivity contribution in [3.63, 3.8) is 0 Å². The van der Waals surface area contributed by atoms with Crippen LogP contribution in [0.5, 0.6) is 5.75 Å². The molecule has 0 aromatic heterocycles. The summed E-state index contributed by atoms with van der Waals surface area (Å²) in [7, 11) is 2.89. The second-order valence-electron chi connectivity index (χ2n) is 9.16. The second-order valence-corrected chi connectivity index (χ2v) is 9.16. The summed E-state index contributed by atoms with van der Waals surface area (Å²) in [6.07, 6.45) is 3.72. The van der Waals surface area contributed by atoms with E-state index in [-0.39, 0.29) is 29.1 Å². The first-order valence-electron chi connectivity index (χ1n) is 12.8. The number of benzene rings is 4. The zero-order valence-corrected chi connectivity index (χ0v) is 22.9. The fraction of sp³-hybridized carbons (Fsp3) is 0.0909. The van der Waals surface area contributed by atoms with Gasteiger partial charge in [-0.25, -0.2) is 9.59 Å². The molecule has 0 heterocycles. The van der Waals surface area contributed by atoms with Crippen molar-refractivity contribution in [1.29, 1.82) is 0 Å². The SMILES string of the molecule is COC(=O)c1ccc(CC(=O)Nc2ccc(C(=O)Nc3ccc(C=Cc4ccc(OC)cc4)cc3C(=O)O)cc2)cc1. The molecule has 42 heavy (non-hydrogen) atoms. The second kappa shape index (κ2) is 13.6. The Hall–Kier alpha value is -5.70. The average molecular weight is 565 g/mol. The van der Waals surface area contributed by atoms with Crippen LogP contribution in [0.2, 0.25) is 0 Å². The molecule has 0 radical (unpaired) electrons. The minimum absolute atomic E-state index is 0.0521. The number of carbonyl (C=O) groups is 4. The fourth-order valence-electron chi connectivity index (χ4n) is 4.03. The third kappa shape index (κ3) is 7.70. The largest absolute Gasteiger partial charge is 0.497 e. The summed E-state index contributed by atoms with van der Waals surface area (Å²) < 4.78 is 9.82. The Morgan fingerprint density at radius 2 is 1.36 bits per heavy atom. The molecule has 0 bridgehead atoms. The third-order valence-electron chi connectivity index (χ3n) is 6.28. The maximum atomic E-state index is 12.9. The zero-order chi connectivity index (χ0) is 30.1. The van der Waals surface area contributed by atoms with Gasteiger partial charge in [0.05, 0.1) is 37.5 Å². The van der Waals surface area contributed by atoms with E-state index in [0.717, 1.165) is 11.3 Å². The van der Waals surface area contributed by atoms with Crippen LogP contribution < -0.4 is 15.4 Å². The van der Waals surface area contributed by atoms with E-state index < -0.39 is 17.8 Å². The highest BCUT2D eigenvalue weighted by molar-refractivity contribution is 6.08. The van der Waals surface area contributed by atoms with E-state index in [4.69, 9.17) is 4.74 Å². The molecular formula is C33H28N2O7. The number of nitrogens with one attached hydrogen (secondary N) is 2. The van der Waals surface area contributed by atoms with Gasteiger partial charge in [-0.1, -0.05) is 42.5 Å². The highest BCUT2D eigenvalue weighted by Gasteiger charge is 2.15. The smallest absolute Gasteiger partial charge is 0.337 e. The molecule has 4 aromatic rings. The molecule has 0 unspecified atom stereocenters. The number of aromatic carboxylic acids is 1. The summed E-state index contributed by atoms with van der Waals surface area (Å²) >= 11 is 0. The standard InChI is InChI=1S/C33H28N2O7/c1-41-27-16-7-21(8-17-27)3-4-22-9-18-29(28(19-22)32(38)39)35-31(37)24-12-14-26(15-13-24)34-30(36)20-23-5-10-25(11-6-23)33(40)42-2/h3-19H,20H2,1-2H3,(H,34,36)(H,35,37)(H,38,39). The molecule has 4 aromatic carbocycles. The number of hydrogen-bond donors (Lipinski definition) is 3. The normalized spacial score (nSPS) is 10.6. The minimum atomic E-state index is -1.18. The number of carboxylic acids is 1. The van der Waals surface area contributed by atoms with Crippen molar-refractivity contribution in [2.24, 2.45) is 0 Å². The molecule has 212 valence electrons. The molecule has 0 saturated carbocycles. The molecule has 2 amide bonds. The van der Waals surface area contributed by atoms with Crippen molar-refractivity contribution >= 4 is 47.3 Å². The zero-order valence-electron chi connectivity index (χ0n) is 22.9. The maximum Gasteiger partial charge on any atom is 0.337 e. The van der Waals surface area contributed by atoms with Crippen molar-refractivity contribution in [2.45, 2.75) is 6.42 Å². The molecule has 0 aliphatic carbocycles. The van der Waals surface area contributed by atoms with E-state index >= 15 is 0 Å². The lowest BCUT2D eigenvalue weighted by molar-refractivity contribution is -0.115. The van der Waals surface area contributed by atoms with Gasteiger partial charge >= 0.3 is 11.9 Å². The Morgan fingerprint density at radius 1 is 0.738 bits per heavy atom. The predicted molar refractivity (Wildman–Crippen MR) is 160 cm³/mol. The topological polar surface area (TPSA) is 131 Å². The summed E-state index contributed by atoms with van der Waals surface area (Å²) in [6.45, 7) is 0. The van der Waals surface area contributed by atoms with Gasteiger partial charge in [0, 0.05) is 11.3 Å². The Balaban J connectivity index is 1.37. The molecule has 4 rings (SSSR count). The number of methoxy groups -OCH3 is 2. The van der Waals surface area contributed by atoms with E-state index in [2.05, 4.69) is 15.4 Å². The first-order chi connectivity index (χ1) is 20.2. The van der Waals surface area contributed by atoms with Crippen molar-refractivity contribution in [1.82, 2.24) is 0 Å². The van der Waals surface area contributed by atoms with Crippen LogP contribution in [-0.4, -0.2) is 43.1 Å². The molecule has 0 atom stereocenters. The monoisotopic (exact) mass is 564 g/mol. The lowest BCUT2D eigenvalue weighted by atomic mass is 10.1. The van der Waals surface area contributed by atoms with E-state index in [9.17, 15) is 24.3 Å². The molecule has 9 nitrogen and oxygen atoms in total. The van der Waals surface area contributed by atoms with Gasteiger partial charge < -0.3 is 25.2 Å². The minimum Gasteiger partial charge on any atom is -0.497 e. The van der Waals surface area contributed by atoms with Crippen molar-refractivity contribution in [2.75, 3.05) is 24.9 Å². The van der Waals surface area contributed by atoms with Gasteiger partial charge in [-0.3, -0.25) is 9.59 Å². The molecule has 0 fully saturated rings. The first-order valence-corrected chi connectivity index (χ1v) is 12.8.